The highest BCUT2D eigenvalue weighted by atomic mass is 16.5. The summed E-state index contributed by atoms with van der Waals surface area (Å²) in [6.07, 6.45) is 7.57. The van der Waals surface area contributed by atoms with Gasteiger partial charge in [-0.1, -0.05) is 52.0 Å². The molecule has 0 saturated heterocycles. The molecule has 4 N–H and O–H groups in total. The van der Waals surface area contributed by atoms with Gasteiger partial charge >= 0.3 is 23.9 Å². The van der Waals surface area contributed by atoms with E-state index in [1.807, 2.05) is 27.7 Å². The topological polar surface area (TPSA) is 222 Å². The van der Waals surface area contributed by atoms with Crippen LogP contribution in [0.3, 0.4) is 0 Å². The summed E-state index contributed by atoms with van der Waals surface area (Å²) in [4.78, 5) is 114. The van der Waals surface area contributed by atoms with Crippen molar-refractivity contribution in [1.29, 1.82) is 0 Å². The Bertz CT molecular complexity index is 2280. The fourth-order valence-electron chi connectivity index (χ4n) is 15.1. The second kappa shape index (κ2) is 19.9. The first-order chi connectivity index (χ1) is 34.2. The van der Waals surface area contributed by atoms with E-state index >= 15 is 9.59 Å². The van der Waals surface area contributed by atoms with Gasteiger partial charge in [0.25, 0.3) is 0 Å². The van der Waals surface area contributed by atoms with Crippen molar-refractivity contribution in [3.63, 3.8) is 0 Å². The maximum Gasteiger partial charge on any atom is 0.328 e. The molecule has 4 aliphatic heterocycles. The van der Waals surface area contributed by atoms with E-state index in [-0.39, 0.29) is 78.5 Å². The summed E-state index contributed by atoms with van der Waals surface area (Å²) in [6, 6.07) is 9.49. The maximum atomic E-state index is 15.1. The molecule has 16 nitrogen and oxygen atoms in total. The average molecular weight is 993 g/mol. The van der Waals surface area contributed by atoms with Crippen molar-refractivity contribution < 1.29 is 57.3 Å². The number of carbonyl (C=O) groups is 8. The van der Waals surface area contributed by atoms with Gasteiger partial charge in [0.1, 0.15) is 35.7 Å². The van der Waals surface area contributed by atoms with Crippen LogP contribution in [0.15, 0.2) is 48.5 Å². The largest absolute Gasteiger partial charge is 0.467 e. The minimum atomic E-state index is -1.14. The molecule has 4 amide bonds. The van der Waals surface area contributed by atoms with E-state index in [4.69, 9.17) is 18.9 Å². The monoisotopic (exact) mass is 993 g/mol. The van der Waals surface area contributed by atoms with Gasteiger partial charge in [-0.3, -0.25) is 28.8 Å². The third kappa shape index (κ3) is 10.2. The van der Waals surface area contributed by atoms with Crippen LogP contribution in [0, 0.1) is 57.2 Å². The van der Waals surface area contributed by atoms with E-state index in [0.717, 1.165) is 12.8 Å². The first-order valence-electron chi connectivity index (χ1n) is 26.2. The Morgan fingerprint density at radius 3 is 1.18 bits per heavy atom. The normalized spacial score (nSPS) is 33.6. The number of hydrogen-bond donors (Lipinski definition) is 4. The van der Waals surface area contributed by atoms with Gasteiger partial charge in [0.15, 0.2) is 0 Å². The molecule has 2 aromatic rings. The lowest BCUT2D eigenvalue weighted by Crippen LogP contribution is -2.64. The van der Waals surface area contributed by atoms with Gasteiger partial charge < -0.3 is 40.2 Å². The molecular formula is C56H72N4O12. The van der Waals surface area contributed by atoms with E-state index in [1.165, 1.54) is 14.2 Å². The average Bonchev–Trinajstić information content (AvgIpc) is 3.32. The molecule has 4 heterocycles. The van der Waals surface area contributed by atoms with Gasteiger partial charge in [-0.05, 0) is 161 Å². The zero-order valence-corrected chi connectivity index (χ0v) is 42.6. The van der Waals surface area contributed by atoms with Crippen LogP contribution in [0.4, 0.5) is 0 Å². The fourth-order valence-corrected chi connectivity index (χ4v) is 15.1. The summed E-state index contributed by atoms with van der Waals surface area (Å²) in [5.74, 6) is -2.73. The Hall–Kier alpha value is -5.80. The Morgan fingerprint density at radius 2 is 0.861 bits per heavy atom. The van der Waals surface area contributed by atoms with Crippen molar-refractivity contribution in [3.05, 3.63) is 59.7 Å². The van der Waals surface area contributed by atoms with E-state index in [0.29, 0.717) is 93.3 Å². The van der Waals surface area contributed by atoms with Gasteiger partial charge in [0.2, 0.25) is 23.6 Å². The highest BCUT2D eigenvalue weighted by Crippen LogP contribution is 2.67. The minimum Gasteiger partial charge on any atom is -0.467 e. The number of hydrogen-bond acceptors (Lipinski definition) is 12. The Kier molecular flexibility index (Phi) is 14.1. The summed E-state index contributed by atoms with van der Waals surface area (Å²) >= 11 is 0. The molecule has 0 radical (unpaired) electrons. The molecule has 8 saturated carbocycles. The molecule has 2 aromatic carbocycles. The molecule has 8 fully saturated rings. The van der Waals surface area contributed by atoms with Crippen LogP contribution in [0.5, 0.6) is 11.5 Å². The van der Waals surface area contributed by atoms with Gasteiger partial charge in [0, 0.05) is 12.8 Å². The van der Waals surface area contributed by atoms with E-state index in [1.54, 1.807) is 48.5 Å². The molecule has 388 valence electrons. The summed E-state index contributed by atoms with van der Waals surface area (Å²) < 4.78 is 22.4. The van der Waals surface area contributed by atoms with Gasteiger partial charge in [-0.25, -0.2) is 9.59 Å². The first kappa shape index (κ1) is 51.1. The number of carbonyl (C=O) groups excluding carboxylic acids is 8. The molecule has 4 atom stereocenters. The zero-order valence-electron chi connectivity index (χ0n) is 42.6. The Morgan fingerprint density at radius 1 is 0.542 bits per heavy atom. The highest BCUT2D eigenvalue weighted by molar-refractivity contribution is 5.95. The second-order valence-corrected chi connectivity index (χ2v) is 24.0. The third-order valence-corrected chi connectivity index (χ3v) is 17.4. The molecule has 8 aliphatic carbocycles. The standard InChI is InChI=1S/C56H72N4O12/c1-31(2)15-43(47(63)69-5)57-45(61)41-19-33-7-11-39(12-8-33)71-51(67)55-25-37-18-38(26-55)28-56(27-37,30-55)52(68)72-40-13-9-34(10-14-40)20-42(46(62)58-44(16-32(3)4)48(64)70-6)60-50(66)54-23-35-17-36(24-54)22-53(21-35,29-54)49(65)59-41/h7-14,31-32,35-38,41-44H,15-30H2,1-6H3,(H,57,61)(H,58,62)(H,59,65)(H,60,66). The highest BCUT2D eigenvalue weighted by Gasteiger charge is 2.65. The molecule has 0 aromatic heterocycles. The summed E-state index contributed by atoms with van der Waals surface area (Å²) in [7, 11) is 2.52. The van der Waals surface area contributed by atoms with Crippen LogP contribution >= 0.6 is 0 Å². The quantitative estimate of drug-likeness (QED) is 0.163. The van der Waals surface area contributed by atoms with Crippen molar-refractivity contribution in [3.8, 4) is 11.5 Å². The fraction of sp³-hybridized carbons (Fsp3) is 0.643. The third-order valence-electron chi connectivity index (χ3n) is 17.4. The van der Waals surface area contributed by atoms with E-state index in [9.17, 15) is 28.8 Å². The predicted molar refractivity (Wildman–Crippen MR) is 261 cm³/mol. The van der Waals surface area contributed by atoms with Crippen LogP contribution in [-0.4, -0.2) is 85.9 Å². The summed E-state index contributed by atoms with van der Waals surface area (Å²) in [5, 5.41) is 12.0. The number of nitrogens with one attached hydrogen (secondary N) is 4. The molecule has 16 heteroatoms. The lowest BCUT2D eigenvalue weighted by Gasteiger charge is -2.60. The lowest BCUT2D eigenvalue weighted by molar-refractivity contribution is -0.183. The molecule has 14 rings (SSSR count). The van der Waals surface area contributed by atoms with Crippen molar-refractivity contribution in [2.24, 2.45) is 57.2 Å². The number of amides is 4. The van der Waals surface area contributed by atoms with Crippen LogP contribution in [0.2, 0.25) is 0 Å². The molecular weight excluding hydrogens is 921 g/mol. The van der Waals surface area contributed by atoms with Crippen LogP contribution in [0.25, 0.3) is 0 Å². The molecule has 12 bridgehead atoms. The zero-order chi connectivity index (χ0) is 51.3. The van der Waals surface area contributed by atoms with E-state index < -0.39 is 69.6 Å². The predicted octanol–water partition coefficient (Wildman–Crippen LogP) is 5.85. The molecule has 12 aliphatic rings. The van der Waals surface area contributed by atoms with Gasteiger partial charge in [-0.2, -0.15) is 0 Å². The maximum absolute atomic E-state index is 15.1. The van der Waals surface area contributed by atoms with Gasteiger partial charge in [0.05, 0.1) is 35.9 Å². The second-order valence-electron chi connectivity index (χ2n) is 24.0. The summed E-state index contributed by atoms with van der Waals surface area (Å²) in [6.45, 7) is 7.72. The van der Waals surface area contributed by atoms with Crippen LogP contribution < -0.4 is 30.7 Å². The molecule has 72 heavy (non-hydrogen) atoms. The summed E-state index contributed by atoms with van der Waals surface area (Å²) in [5.41, 5.74) is -2.42. The number of esters is 4. The van der Waals surface area contributed by atoms with Crippen molar-refractivity contribution >= 4 is 47.5 Å². The Balaban J connectivity index is 1.07. The smallest absolute Gasteiger partial charge is 0.328 e. The molecule has 4 unspecified atom stereocenters. The van der Waals surface area contributed by atoms with Crippen LogP contribution in [0.1, 0.15) is 129 Å². The first-order valence-corrected chi connectivity index (χ1v) is 26.2. The van der Waals surface area contributed by atoms with Crippen molar-refractivity contribution in [1.82, 2.24) is 21.3 Å². The molecule has 4 spiro atoms. The van der Waals surface area contributed by atoms with Gasteiger partial charge in [-0.15, -0.1) is 0 Å². The number of benzene rings is 2. The Labute approximate surface area is 421 Å². The van der Waals surface area contributed by atoms with E-state index in [2.05, 4.69) is 21.3 Å². The number of ether oxygens (including phenoxy) is 4. The number of rotatable bonds is 10. The van der Waals surface area contributed by atoms with Crippen LogP contribution in [-0.2, 0) is 60.7 Å². The number of methoxy groups -OCH3 is 2. The van der Waals surface area contributed by atoms with Crippen molar-refractivity contribution in [2.75, 3.05) is 14.2 Å². The SMILES string of the molecule is COC(=O)C(CC(C)C)NC(=O)C1Cc2ccc(cc2)OC(=O)C23CC4CC(C2)CC(C4)(C3)C(=O)Oc2ccc(cc2)CC(C(=O)NC(CC(C)C)C(=O)OC)NC(=O)C23CC4CC(CC(C4)(C2)C(=O)N1)C3. The minimum absolute atomic E-state index is 0.0298. The van der Waals surface area contributed by atoms with Crippen molar-refractivity contribution in [2.45, 2.75) is 155 Å². The lowest BCUT2D eigenvalue weighted by atomic mass is 9.43.